The van der Waals surface area contributed by atoms with Gasteiger partial charge in [0, 0.05) is 31.7 Å². The second-order valence-electron chi connectivity index (χ2n) is 6.91. The van der Waals surface area contributed by atoms with Crippen molar-refractivity contribution in [3.63, 3.8) is 0 Å². The molecule has 2 N–H and O–H groups in total. The number of hydrogen-bond acceptors (Lipinski definition) is 3. The van der Waals surface area contributed by atoms with Gasteiger partial charge in [-0.15, -0.1) is 0 Å². The van der Waals surface area contributed by atoms with Crippen molar-refractivity contribution in [2.75, 3.05) is 32.8 Å². The monoisotopic (exact) mass is 297 g/mol. The molecule has 1 heterocycles. The van der Waals surface area contributed by atoms with Crippen molar-refractivity contribution in [1.29, 1.82) is 0 Å². The van der Waals surface area contributed by atoms with Gasteiger partial charge >= 0.3 is 6.03 Å². The quantitative estimate of drug-likeness (QED) is 0.754. The lowest BCUT2D eigenvalue weighted by Gasteiger charge is -2.35. The maximum atomic E-state index is 12.0. The first kappa shape index (κ1) is 16.6. The lowest BCUT2D eigenvalue weighted by atomic mass is 10.0. The SMILES string of the molecule is CC(C)CC(CNC(=O)NC(C)C1CC1)N1CCOCC1. The van der Waals surface area contributed by atoms with E-state index in [1.54, 1.807) is 0 Å². The summed E-state index contributed by atoms with van der Waals surface area (Å²) >= 11 is 0. The molecule has 1 saturated carbocycles. The lowest BCUT2D eigenvalue weighted by molar-refractivity contribution is 0.0129. The van der Waals surface area contributed by atoms with Gasteiger partial charge in [0.05, 0.1) is 13.2 Å². The summed E-state index contributed by atoms with van der Waals surface area (Å²) in [5.74, 6) is 1.33. The molecular weight excluding hydrogens is 266 g/mol. The van der Waals surface area contributed by atoms with E-state index in [1.807, 2.05) is 0 Å². The Balaban J connectivity index is 1.75. The Kier molecular flexibility index (Phi) is 6.30. The molecule has 0 aromatic carbocycles. The molecule has 1 aliphatic carbocycles. The van der Waals surface area contributed by atoms with Crippen LogP contribution in [0.25, 0.3) is 0 Å². The van der Waals surface area contributed by atoms with Crippen LogP contribution >= 0.6 is 0 Å². The zero-order valence-corrected chi connectivity index (χ0v) is 13.7. The van der Waals surface area contributed by atoms with Crippen LogP contribution in [0.1, 0.15) is 40.0 Å². The normalized spacial score (nSPS) is 22.9. The zero-order valence-electron chi connectivity index (χ0n) is 13.7. The fourth-order valence-electron chi connectivity index (χ4n) is 3.03. The zero-order chi connectivity index (χ0) is 15.2. The number of rotatable bonds is 7. The molecule has 2 aliphatic rings. The fourth-order valence-corrected chi connectivity index (χ4v) is 3.03. The van der Waals surface area contributed by atoms with E-state index in [0.717, 1.165) is 39.3 Å². The molecule has 2 amide bonds. The summed E-state index contributed by atoms with van der Waals surface area (Å²) in [4.78, 5) is 14.4. The Morgan fingerprint density at radius 2 is 1.90 bits per heavy atom. The summed E-state index contributed by atoms with van der Waals surface area (Å²) in [6, 6.07) is 0.698. The lowest BCUT2D eigenvalue weighted by Crippen LogP contribution is -2.51. The minimum atomic E-state index is -0.0172. The van der Waals surface area contributed by atoms with E-state index in [4.69, 9.17) is 4.74 Å². The summed E-state index contributed by atoms with van der Waals surface area (Å²) < 4.78 is 5.43. The summed E-state index contributed by atoms with van der Waals surface area (Å²) in [5.41, 5.74) is 0. The van der Waals surface area contributed by atoms with Crippen molar-refractivity contribution in [1.82, 2.24) is 15.5 Å². The van der Waals surface area contributed by atoms with E-state index in [-0.39, 0.29) is 6.03 Å². The first-order chi connectivity index (χ1) is 10.1. The van der Waals surface area contributed by atoms with Crippen LogP contribution in [0.3, 0.4) is 0 Å². The van der Waals surface area contributed by atoms with Crippen LogP contribution in [0.4, 0.5) is 4.79 Å². The van der Waals surface area contributed by atoms with E-state index in [0.29, 0.717) is 23.9 Å². The number of nitrogens with one attached hydrogen (secondary N) is 2. The van der Waals surface area contributed by atoms with Crippen LogP contribution in [0, 0.1) is 11.8 Å². The van der Waals surface area contributed by atoms with Gasteiger partial charge in [-0.05, 0) is 38.0 Å². The molecule has 122 valence electrons. The van der Waals surface area contributed by atoms with Gasteiger partial charge in [0.25, 0.3) is 0 Å². The first-order valence-electron chi connectivity index (χ1n) is 8.42. The van der Waals surface area contributed by atoms with Gasteiger partial charge in [-0.1, -0.05) is 13.8 Å². The first-order valence-corrected chi connectivity index (χ1v) is 8.42. The van der Waals surface area contributed by atoms with E-state index < -0.39 is 0 Å². The molecular formula is C16H31N3O2. The number of ether oxygens (including phenoxy) is 1. The smallest absolute Gasteiger partial charge is 0.315 e. The molecule has 5 nitrogen and oxygen atoms in total. The van der Waals surface area contributed by atoms with E-state index in [1.165, 1.54) is 12.8 Å². The molecule has 1 aliphatic heterocycles. The van der Waals surface area contributed by atoms with Crippen LogP contribution in [0.15, 0.2) is 0 Å². The Labute approximate surface area is 128 Å². The number of morpholine rings is 1. The maximum absolute atomic E-state index is 12.0. The second-order valence-corrected chi connectivity index (χ2v) is 6.91. The summed E-state index contributed by atoms with van der Waals surface area (Å²) in [6.45, 7) is 10.9. The Morgan fingerprint density at radius 1 is 1.24 bits per heavy atom. The average molecular weight is 297 g/mol. The van der Waals surface area contributed by atoms with E-state index in [9.17, 15) is 4.79 Å². The summed E-state index contributed by atoms with van der Waals surface area (Å²) in [6.07, 6.45) is 3.62. The fraction of sp³-hybridized carbons (Fsp3) is 0.938. The standard InChI is InChI=1S/C16H31N3O2/c1-12(2)10-15(19-6-8-21-9-7-19)11-17-16(20)18-13(3)14-4-5-14/h12-15H,4-11H2,1-3H3,(H2,17,18,20). The molecule has 2 rings (SSSR count). The van der Waals surface area contributed by atoms with Crippen LogP contribution in [-0.2, 0) is 4.74 Å². The third-order valence-corrected chi connectivity index (χ3v) is 4.49. The Hall–Kier alpha value is -0.810. The van der Waals surface area contributed by atoms with Gasteiger partial charge in [0.15, 0.2) is 0 Å². The highest BCUT2D eigenvalue weighted by atomic mass is 16.5. The highest BCUT2D eigenvalue weighted by molar-refractivity contribution is 5.74. The van der Waals surface area contributed by atoms with Crippen molar-refractivity contribution in [2.24, 2.45) is 11.8 Å². The Bertz CT molecular complexity index is 325. The molecule has 0 bridgehead atoms. The number of carbonyl (C=O) groups is 1. The van der Waals surface area contributed by atoms with E-state index in [2.05, 4.69) is 36.3 Å². The Morgan fingerprint density at radius 3 is 2.48 bits per heavy atom. The number of amides is 2. The minimum absolute atomic E-state index is 0.0172. The number of carbonyl (C=O) groups excluding carboxylic acids is 1. The van der Waals surface area contributed by atoms with Crippen molar-refractivity contribution in [3.8, 4) is 0 Å². The van der Waals surface area contributed by atoms with Crippen LogP contribution in [-0.4, -0.2) is 55.9 Å². The van der Waals surface area contributed by atoms with Crippen molar-refractivity contribution in [3.05, 3.63) is 0 Å². The third-order valence-electron chi connectivity index (χ3n) is 4.49. The average Bonchev–Trinajstić information content (AvgIpc) is 3.28. The van der Waals surface area contributed by atoms with Crippen LogP contribution in [0.5, 0.6) is 0 Å². The van der Waals surface area contributed by atoms with Gasteiger partial charge in [0.2, 0.25) is 0 Å². The molecule has 5 heteroatoms. The summed E-state index contributed by atoms with van der Waals surface area (Å²) in [7, 11) is 0. The van der Waals surface area contributed by atoms with Crippen LogP contribution in [0.2, 0.25) is 0 Å². The highest BCUT2D eigenvalue weighted by Crippen LogP contribution is 2.32. The largest absolute Gasteiger partial charge is 0.379 e. The maximum Gasteiger partial charge on any atom is 0.315 e. The van der Waals surface area contributed by atoms with Crippen molar-refractivity contribution in [2.45, 2.75) is 52.1 Å². The van der Waals surface area contributed by atoms with Crippen molar-refractivity contribution < 1.29 is 9.53 Å². The van der Waals surface area contributed by atoms with Gasteiger partial charge in [-0.25, -0.2) is 4.79 Å². The van der Waals surface area contributed by atoms with Crippen LogP contribution < -0.4 is 10.6 Å². The minimum Gasteiger partial charge on any atom is -0.379 e. The molecule has 0 radical (unpaired) electrons. The molecule has 2 fully saturated rings. The number of hydrogen-bond donors (Lipinski definition) is 2. The molecule has 1 saturated heterocycles. The van der Waals surface area contributed by atoms with Gasteiger partial charge < -0.3 is 15.4 Å². The van der Waals surface area contributed by atoms with Crippen molar-refractivity contribution >= 4 is 6.03 Å². The second kappa shape index (κ2) is 7.99. The molecule has 2 unspecified atom stereocenters. The van der Waals surface area contributed by atoms with Gasteiger partial charge in [0.1, 0.15) is 0 Å². The predicted octanol–water partition coefficient (Wildman–Crippen LogP) is 1.83. The number of urea groups is 1. The summed E-state index contributed by atoms with van der Waals surface area (Å²) in [5, 5.41) is 6.13. The highest BCUT2D eigenvalue weighted by Gasteiger charge is 2.29. The molecule has 21 heavy (non-hydrogen) atoms. The van der Waals surface area contributed by atoms with E-state index >= 15 is 0 Å². The number of nitrogens with zero attached hydrogens (tertiary/aromatic N) is 1. The molecule has 0 aromatic rings. The van der Waals surface area contributed by atoms with Gasteiger partial charge in [-0.2, -0.15) is 0 Å². The molecule has 0 aromatic heterocycles. The third kappa shape index (κ3) is 5.83. The molecule has 0 spiro atoms. The van der Waals surface area contributed by atoms with Gasteiger partial charge in [-0.3, -0.25) is 4.90 Å². The molecule has 2 atom stereocenters. The predicted molar refractivity (Wildman–Crippen MR) is 84.4 cm³/mol. The topological polar surface area (TPSA) is 53.6 Å².